The molecule has 0 unspecified atom stereocenters. The summed E-state index contributed by atoms with van der Waals surface area (Å²) in [6.45, 7) is 9.27. The lowest BCUT2D eigenvalue weighted by Gasteiger charge is -2.40. The fraction of sp³-hybridized carbons (Fsp3) is 0.387. The van der Waals surface area contributed by atoms with Crippen molar-refractivity contribution in [3.8, 4) is 0 Å². The molecule has 1 saturated heterocycles. The molecule has 1 atom stereocenters. The predicted octanol–water partition coefficient (Wildman–Crippen LogP) is 5.43. The van der Waals surface area contributed by atoms with Gasteiger partial charge in [0.1, 0.15) is 17.7 Å². The molecular weight excluding hydrogens is 538 g/mol. The minimum atomic E-state index is -3.86. The van der Waals surface area contributed by atoms with Gasteiger partial charge < -0.3 is 14.5 Å². The van der Waals surface area contributed by atoms with E-state index in [9.17, 15) is 13.2 Å². The van der Waals surface area contributed by atoms with Crippen molar-refractivity contribution in [2.45, 2.75) is 63.5 Å². The van der Waals surface area contributed by atoms with Crippen LogP contribution in [0.1, 0.15) is 44.7 Å². The third-order valence-corrected chi connectivity index (χ3v) is 8.93. The van der Waals surface area contributed by atoms with E-state index in [2.05, 4.69) is 27.0 Å². The van der Waals surface area contributed by atoms with Crippen molar-refractivity contribution in [3.05, 3.63) is 84.3 Å². The highest BCUT2D eigenvalue weighted by Gasteiger charge is 2.32. The molecule has 1 aliphatic heterocycles. The fourth-order valence-electron chi connectivity index (χ4n) is 5.22. The molecule has 5 rings (SSSR count). The van der Waals surface area contributed by atoms with Crippen LogP contribution in [0.5, 0.6) is 0 Å². The Labute approximate surface area is 241 Å². The van der Waals surface area contributed by atoms with Crippen LogP contribution in [-0.4, -0.2) is 64.6 Å². The smallest absolute Gasteiger partial charge is 0.410 e. The Bertz CT molecular complexity index is 1610. The van der Waals surface area contributed by atoms with Crippen LogP contribution in [0, 0.1) is 6.92 Å². The zero-order valence-electron chi connectivity index (χ0n) is 24.0. The van der Waals surface area contributed by atoms with Crippen LogP contribution in [0.4, 0.5) is 10.6 Å². The van der Waals surface area contributed by atoms with Crippen molar-refractivity contribution in [3.63, 3.8) is 0 Å². The first-order valence-corrected chi connectivity index (χ1v) is 15.4. The number of fused-ring (bicyclic) bond motifs is 1. The molecule has 4 aromatic rings. The summed E-state index contributed by atoms with van der Waals surface area (Å²) in [5.74, 6) is 0.653. The van der Waals surface area contributed by atoms with Crippen LogP contribution in [0.25, 0.3) is 11.0 Å². The normalized spacial score (nSPS) is 16.1. The van der Waals surface area contributed by atoms with Gasteiger partial charge in [-0.05, 0) is 70.7 Å². The second-order valence-electron chi connectivity index (χ2n) is 11.5. The van der Waals surface area contributed by atoms with Crippen LogP contribution >= 0.6 is 0 Å². The maximum absolute atomic E-state index is 13.6. The van der Waals surface area contributed by atoms with Gasteiger partial charge in [-0.15, -0.1) is 0 Å². The van der Waals surface area contributed by atoms with E-state index in [0.717, 1.165) is 24.8 Å². The summed E-state index contributed by atoms with van der Waals surface area (Å²) in [5, 5.41) is 0.644. The van der Waals surface area contributed by atoms with Gasteiger partial charge in [-0.1, -0.05) is 48.0 Å². The number of aromatic nitrogens is 3. The van der Waals surface area contributed by atoms with E-state index in [0.29, 0.717) is 36.5 Å². The number of ether oxygens (including phenoxy) is 1. The lowest BCUT2D eigenvalue weighted by molar-refractivity contribution is 0.0197. The average Bonchev–Trinajstić information content (AvgIpc) is 3.39. The van der Waals surface area contributed by atoms with Gasteiger partial charge in [0.05, 0.1) is 10.3 Å². The quantitative estimate of drug-likeness (QED) is 0.290. The van der Waals surface area contributed by atoms with Gasteiger partial charge in [0.15, 0.2) is 5.65 Å². The number of carbonyl (C=O) groups is 1. The number of benzene rings is 2. The molecule has 2 aromatic heterocycles. The van der Waals surface area contributed by atoms with Gasteiger partial charge in [0, 0.05) is 31.9 Å². The Kier molecular flexibility index (Phi) is 8.04. The van der Waals surface area contributed by atoms with Crippen LogP contribution < -0.4 is 4.90 Å². The van der Waals surface area contributed by atoms with Crippen molar-refractivity contribution < 1.29 is 17.9 Å². The Morgan fingerprint density at radius 3 is 2.49 bits per heavy atom. The molecule has 10 heteroatoms. The minimum Gasteiger partial charge on any atom is -0.444 e. The van der Waals surface area contributed by atoms with Crippen molar-refractivity contribution in [2.75, 3.05) is 24.5 Å². The van der Waals surface area contributed by atoms with E-state index in [1.165, 1.54) is 15.9 Å². The number of anilines is 1. The Morgan fingerprint density at radius 2 is 1.78 bits per heavy atom. The highest BCUT2D eigenvalue weighted by Crippen LogP contribution is 2.31. The van der Waals surface area contributed by atoms with E-state index in [1.54, 1.807) is 41.4 Å². The number of hydrogen-bond acceptors (Lipinski definition) is 7. The van der Waals surface area contributed by atoms with Crippen molar-refractivity contribution in [2.24, 2.45) is 0 Å². The number of hydrogen-bond donors (Lipinski definition) is 0. The maximum atomic E-state index is 13.6. The maximum Gasteiger partial charge on any atom is 0.410 e. The zero-order chi connectivity index (χ0) is 29.2. The lowest BCUT2D eigenvalue weighted by atomic mass is 10.0. The molecule has 0 aliphatic carbocycles. The van der Waals surface area contributed by atoms with Gasteiger partial charge >= 0.3 is 6.09 Å². The molecule has 41 heavy (non-hydrogen) atoms. The molecule has 0 spiro atoms. The van der Waals surface area contributed by atoms with Crippen LogP contribution in [0.2, 0.25) is 0 Å². The molecule has 0 bridgehead atoms. The average molecular weight is 576 g/mol. The topological polar surface area (TPSA) is 97.6 Å². The zero-order valence-corrected chi connectivity index (χ0v) is 24.8. The lowest BCUT2D eigenvalue weighted by Crippen LogP contribution is -2.51. The number of likely N-dealkylation sites (tertiary alicyclic amines) is 1. The van der Waals surface area contributed by atoms with E-state index in [4.69, 9.17) is 4.74 Å². The molecule has 0 saturated carbocycles. The molecule has 3 heterocycles. The number of amides is 1. The molecule has 1 amide bonds. The van der Waals surface area contributed by atoms with Gasteiger partial charge in [0.25, 0.3) is 10.0 Å². The fourth-order valence-corrected chi connectivity index (χ4v) is 6.52. The summed E-state index contributed by atoms with van der Waals surface area (Å²) >= 11 is 0. The first-order chi connectivity index (χ1) is 19.5. The number of piperidine rings is 1. The Morgan fingerprint density at radius 1 is 1.05 bits per heavy atom. The third kappa shape index (κ3) is 6.37. The van der Waals surface area contributed by atoms with Crippen molar-refractivity contribution in [1.82, 2.24) is 18.8 Å². The Hall–Kier alpha value is -3.92. The van der Waals surface area contributed by atoms with Crippen LogP contribution in [0.15, 0.2) is 78.1 Å². The predicted molar refractivity (Wildman–Crippen MR) is 160 cm³/mol. The van der Waals surface area contributed by atoms with E-state index >= 15 is 0 Å². The van der Waals surface area contributed by atoms with E-state index < -0.39 is 15.6 Å². The van der Waals surface area contributed by atoms with E-state index in [1.807, 2.05) is 45.9 Å². The standard InChI is InChI=1S/C31H37N5O4S/c1-23-12-14-26(15-13-23)41(38,39)36-20-17-27-28(32-22-33-29(27)36)35(19-16-24-9-6-5-7-10-24)25-11-8-18-34(21-25)30(37)40-31(2,3)4/h5-7,9-10,12-15,17,20,22,25H,8,11,16,18-19,21H2,1-4H3/t25-/m0/s1. The number of rotatable bonds is 7. The second kappa shape index (κ2) is 11.5. The third-order valence-electron chi connectivity index (χ3n) is 7.25. The molecule has 1 fully saturated rings. The van der Waals surface area contributed by atoms with Gasteiger partial charge in [-0.3, -0.25) is 0 Å². The van der Waals surface area contributed by atoms with Crippen LogP contribution in [-0.2, 0) is 21.2 Å². The van der Waals surface area contributed by atoms with Crippen molar-refractivity contribution in [1.29, 1.82) is 0 Å². The summed E-state index contributed by atoms with van der Waals surface area (Å²) < 4.78 is 34.1. The molecule has 9 nitrogen and oxygen atoms in total. The summed E-state index contributed by atoms with van der Waals surface area (Å²) in [6, 6.07) is 18.7. The first-order valence-electron chi connectivity index (χ1n) is 14.0. The largest absolute Gasteiger partial charge is 0.444 e. The van der Waals surface area contributed by atoms with Crippen molar-refractivity contribution >= 4 is 33.0 Å². The number of nitrogens with zero attached hydrogens (tertiary/aromatic N) is 5. The molecule has 0 radical (unpaired) electrons. The molecule has 1 aliphatic rings. The molecular formula is C31H37N5O4S. The summed E-state index contributed by atoms with van der Waals surface area (Å²) in [6.07, 6.45) is 5.08. The van der Waals surface area contributed by atoms with Gasteiger partial charge in [0.2, 0.25) is 0 Å². The summed E-state index contributed by atoms with van der Waals surface area (Å²) in [7, 11) is -3.86. The second-order valence-corrected chi connectivity index (χ2v) is 13.3. The molecule has 2 aromatic carbocycles. The minimum absolute atomic E-state index is 0.0323. The van der Waals surface area contributed by atoms with Gasteiger partial charge in [-0.2, -0.15) is 0 Å². The number of aryl methyl sites for hydroxylation is 1. The first kappa shape index (κ1) is 28.6. The molecule has 216 valence electrons. The molecule has 0 N–H and O–H groups in total. The highest BCUT2D eigenvalue weighted by atomic mass is 32.2. The van der Waals surface area contributed by atoms with E-state index in [-0.39, 0.29) is 17.0 Å². The number of carbonyl (C=O) groups excluding carboxylic acids is 1. The van der Waals surface area contributed by atoms with Gasteiger partial charge in [-0.25, -0.2) is 27.2 Å². The summed E-state index contributed by atoms with van der Waals surface area (Å²) in [4.78, 5) is 26.2. The summed E-state index contributed by atoms with van der Waals surface area (Å²) in [5.41, 5.74) is 1.90. The van der Waals surface area contributed by atoms with Crippen LogP contribution in [0.3, 0.4) is 0 Å². The Balaban J connectivity index is 1.51. The SMILES string of the molecule is Cc1ccc(S(=O)(=O)n2ccc3c(N(CCc4ccccc4)[C@H]4CCCN(C(=O)OC(C)(C)C)C4)ncnc32)cc1. The monoisotopic (exact) mass is 575 g/mol. The highest BCUT2D eigenvalue weighted by molar-refractivity contribution is 7.90.